The van der Waals surface area contributed by atoms with Crippen LogP contribution < -0.4 is 5.32 Å². The number of carbonyl (C=O) groups is 2. The molecule has 0 aromatic heterocycles. The first-order chi connectivity index (χ1) is 11.0. The molecule has 0 saturated carbocycles. The number of nitrogens with zero attached hydrogens (tertiary/aromatic N) is 1. The molecule has 1 aliphatic heterocycles. The topological polar surface area (TPSA) is 88.0 Å². The van der Waals surface area contributed by atoms with Gasteiger partial charge in [-0.3, -0.25) is 9.79 Å². The Morgan fingerprint density at radius 2 is 2.04 bits per heavy atom. The average molecular weight is 316 g/mol. The van der Waals surface area contributed by atoms with Gasteiger partial charge in [-0.05, 0) is 38.8 Å². The summed E-state index contributed by atoms with van der Waals surface area (Å²) in [5, 5.41) is 12.6. The van der Waals surface area contributed by atoms with E-state index in [4.69, 9.17) is 4.74 Å². The molecule has 0 saturated heterocycles. The summed E-state index contributed by atoms with van der Waals surface area (Å²) in [7, 11) is 0. The van der Waals surface area contributed by atoms with Crippen LogP contribution in [0.4, 0.5) is 5.69 Å². The lowest BCUT2D eigenvalue weighted by Gasteiger charge is -2.10. The van der Waals surface area contributed by atoms with Gasteiger partial charge in [0, 0.05) is 5.69 Å². The number of carbonyl (C=O) groups excluding carboxylic acids is 2. The van der Waals surface area contributed by atoms with E-state index in [9.17, 15) is 14.7 Å². The van der Waals surface area contributed by atoms with Crippen molar-refractivity contribution >= 4 is 23.3 Å². The summed E-state index contributed by atoms with van der Waals surface area (Å²) in [6.45, 7) is 3.45. The maximum Gasteiger partial charge on any atom is 0.330 e. The molecular formula is C17H20N2O4. The number of aliphatic hydroxyl groups is 1. The van der Waals surface area contributed by atoms with Crippen molar-refractivity contribution in [2.75, 3.05) is 11.9 Å². The van der Waals surface area contributed by atoms with Gasteiger partial charge >= 0.3 is 5.97 Å². The van der Waals surface area contributed by atoms with Gasteiger partial charge in [0.1, 0.15) is 11.8 Å². The molecule has 1 aliphatic rings. The molecular weight excluding hydrogens is 296 g/mol. The third kappa shape index (κ3) is 4.18. The van der Waals surface area contributed by atoms with Gasteiger partial charge in [0.25, 0.3) is 5.91 Å². The first-order valence-electron chi connectivity index (χ1n) is 7.52. The zero-order chi connectivity index (χ0) is 16.8. The molecule has 1 atom stereocenters. The number of ether oxygens (including phenoxy) is 1. The van der Waals surface area contributed by atoms with Gasteiger partial charge in [-0.2, -0.15) is 0 Å². The van der Waals surface area contributed by atoms with Crippen LogP contribution in [-0.4, -0.2) is 35.3 Å². The van der Waals surface area contributed by atoms with Gasteiger partial charge in [-0.25, -0.2) is 4.79 Å². The molecule has 0 spiro atoms. The summed E-state index contributed by atoms with van der Waals surface area (Å²) < 4.78 is 4.95. The number of para-hydroxylation sites is 1. The number of hydrogen-bond acceptors (Lipinski definition) is 5. The smallest absolute Gasteiger partial charge is 0.330 e. The van der Waals surface area contributed by atoms with Crippen molar-refractivity contribution in [1.82, 2.24) is 0 Å². The van der Waals surface area contributed by atoms with Gasteiger partial charge < -0.3 is 15.2 Å². The quantitative estimate of drug-likeness (QED) is 0.496. The highest BCUT2D eigenvalue weighted by Crippen LogP contribution is 2.22. The number of esters is 1. The molecule has 0 bridgehead atoms. The minimum atomic E-state index is -0.608. The van der Waals surface area contributed by atoms with Crippen molar-refractivity contribution in [3.05, 3.63) is 41.7 Å². The second-order valence-corrected chi connectivity index (χ2v) is 5.16. The van der Waals surface area contributed by atoms with Crippen LogP contribution in [0.2, 0.25) is 0 Å². The Kier molecular flexibility index (Phi) is 5.51. The molecule has 0 fully saturated rings. The minimum absolute atomic E-state index is 0.112. The fourth-order valence-electron chi connectivity index (χ4n) is 2.41. The summed E-state index contributed by atoms with van der Waals surface area (Å²) in [5.74, 6) is -0.970. The molecule has 122 valence electrons. The summed E-state index contributed by atoms with van der Waals surface area (Å²) in [4.78, 5) is 28.4. The maximum atomic E-state index is 12.4. The molecule has 1 amide bonds. The molecule has 6 nitrogen and oxygen atoms in total. The summed E-state index contributed by atoms with van der Waals surface area (Å²) in [5.41, 5.74) is 1.16. The molecule has 1 aromatic carbocycles. The van der Waals surface area contributed by atoms with Crippen LogP contribution >= 0.6 is 0 Å². The van der Waals surface area contributed by atoms with Crippen LogP contribution in [-0.2, 0) is 14.3 Å². The fourth-order valence-corrected chi connectivity index (χ4v) is 2.41. The van der Waals surface area contributed by atoms with E-state index < -0.39 is 17.9 Å². The number of benzene rings is 1. The number of amides is 1. The highest BCUT2D eigenvalue weighted by molar-refractivity contribution is 6.26. The SMILES string of the molecule is CCOC(=O)[C@@H]1CCC(/C(C(=O)Nc2ccccc2)=C(/C)O)=N1. The molecule has 2 N–H and O–H groups in total. The molecule has 23 heavy (non-hydrogen) atoms. The monoisotopic (exact) mass is 316 g/mol. The molecule has 0 radical (unpaired) electrons. The number of anilines is 1. The van der Waals surface area contributed by atoms with Crippen LogP contribution in [0.1, 0.15) is 26.7 Å². The summed E-state index contributed by atoms with van der Waals surface area (Å²) >= 11 is 0. The van der Waals surface area contributed by atoms with E-state index in [2.05, 4.69) is 10.3 Å². The van der Waals surface area contributed by atoms with Crippen molar-refractivity contribution in [2.24, 2.45) is 4.99 Å². The van der Waals surface area contributed by atoms with Crippen LogP contribution in [0.5, 0.6) is 0 Å². The number of aliphatic hydroxyl groups excluding tert-OH is 1. The third-order valence-electron chi connectivity index (χ3n) is 3.43. The number of rotatable bonds is 5. The first-order valence-corrected chi connectivity index (χ1v) is 7.52. The van der Waals surface area contributed by atoms with Crippen LogP contribution in [0.15, 0.2) is 46.7 Å². The Morgan fingerprint density at radius 3 is 2.65 bits per heavy atom. The van der Waals surface area contributed by atoms with E-state index in [1.807, 2.05) is 6.07 Å². The fraction of sp³-hybridized carbons (Fsp3) is 0.353. The van der Waals surface area contributed by atoms with Crippen molar-refractivity contribution in [1.29, 1.82) is 0 Å². The van der Waals surface area contributed by atoms with Crippen molar-refractivity contribution in [3.8, 4) is 0 Å². The van der Waals surface area contributed by atoms with E-state index in [0.717, 1.165) is 0 Å². The van der Waals surface area contributed by atoms with E-state index in [1.165, 1.54) is 6.92 Å². The Hall–Kier alpha value is -2.63. The maximum absolute atomic E-state index is 12.4. The number of nitrogens with one attached hydrogen (secondary N) is 1. The van der Waals surface area contributed by atoms with E-state index >= 15 is 0 Å². The van der Waals surface area contributed by atoms with E-state index in [-0.39, 0.29) is 17.9 Å². The highest BCUT2D eigenvalue weighted by Gasteiger charge is 2.30. The molecule has 1 aromatic rings. The van der Waals surface area contributed by atoms with Gasteiger partial charge in [0.15, 0.2) is 0 Å². The predicted molar refractivity (Wildman–Crippen MR) is 87.5 cm³/mol. The lowest BCUT2D eigenvalue weighted by atomic mass is 10.0. The molecule has 6 heteroatoms. The first kappa shape index (κ1) is 16.7. The van der Waals surface area contributed by atoms with Gasteiger partial charge in [-0.1, -0.05) is 18.2 Å². The Balaban J connectivity index is 2.17. The lowest BCUT2D eigenvalue weighted by Crippen LogP contribution is -2.21. The van der Waals surface area contributed by atoms with Crippen molar-refractivity contribution in [3.63, 3.8) is 0 Å². The Morgan fingerprint density at radius 1 is 1.35 bits per heavy atom. The van der Waals surface area contributed by atoms with Gasteiger partial charge in [0.05, 0.1) is 17.9 Å². The zero-order valence-corrected chi connectivity index (χ0v) is 13.2. The Bertz CT molecular complexity index is 646. The highest BCUT2D eigenvalue weighted by atomic mass is 16.5. The van der Waals surface area contributed by atoms with E-state index in [1.54, 1.807) is 31.2 Å². The standard InChI is InChI=1S/C17H20N2O4/c1-3-23-17(22)14-10-9-13(19-14)15(11(2)20)16(21)18-12-7-5-4-6-8-12/h4-8,14,20H,3,9-10H2,1-2H3,(H,18,21)/b15-11+/t14-/m0/s1. The second kappa shape index (κ2) is 7.58. The van der Waals surface area contributed by atoms with E-state index in [0.29, 0.717) is 24.2 Å². The van der Waals surface area contributed by atoms with Crippen LogP contribution in [0.25, 0.3) is 0 Å². The van der Waals surface area contributed by atoms with Crippen LogP contribution in [0.3, 0.4) is 0 Å². The normalized spacial score (nSPS) is 18.0. The summed E-state index contributed by atoms with van der Waals surface area (Å²) in [6, 6.07) is 8.34. The molecule has 0 aliphatic carbocycles. The third-order valence-corrected chi connectivity index (χ3v) is 3.43. The molecule has 0 unspecified atom stereocenters. The van der Waals surface area contributed by atoms with Gasteiger partial charge in [-0.15, -0.1) is 0 Å². The average Bonchev–Trinajstić information content (AvgIpc) is 2.97. The second-order valence-electron chi connectivity index (χ2n) is 5.16. The summed E-state index contributed by atoms with van der Waals surface area (Å²) in [6.07, 6.45) is 0.919. The van der Waals surface area contributed by atoms with Crippen LogP contribution in [0, 0.1) is 0 Å². The van der Waals surface area contributed by atoms with Crippen molar-refractivity contribution < 1.29 is 19.4 Å². The number of allylic oxidation sites excluding steroid dienone is 1. The number of aliphatic imine (C=N–C) groups is 1. The minimum Gasteiger partial charge on any atom is -0.512 e. The number of hydrogen-bond donors (Lipinski definition) is 2. The molecule has 2 rings (SSSR count). The van der Waals surface area contributed by atoms with Crippen molar-refractivity contribution in [2.45, 2.75) is 32.7 Å². The van der Waals surface area contributed by atoms with Gasteiger partial charge in [0.2, 0.25) is 0 Å². The molecule has 1 heterocycles. The Labute approximate surface area is 134 Å². The lowest BCUT2D eigenvalue weighted by molar-refractivity contribution is -0.144. The predicted octanol–water partition coefficient (Wildman–Crippen LogP) is 2.62. The largest absolute Gasteiger partial charge is 0.512 e. The zero-order valence-electron chi connectivity index (χ0n) is 13.2.